The number of nitrogens with one attached hydrogen (secondary N) is 2. The van der Waals surface area contributed by atoms with Crippen molar-refractivity contribution < 1.29 is 19.5 Å². The Balaban J connectivity index is 2.66. The van der Waals surface area contributed by atoms with Crippen LogP contribution in [0.5, 0.6) is 0 Å². The summed E-state index contributed by atoms with van der Waals surface area (Å²) in [4.78, 5) is 36.0. The van der Waals surface area contributed by atoms with Crippen molar-refractivity contribution >= 4 is 17.9 Å². The molecule has 19 heavy (non-hydrogen) atoms. The topological polar surface area (TPSA) is 98.7 Å². The van der Waals surface area contributed by atoms with Crippen molar-refractivity contribution in [2.75, 3.05) is 19.6 Å². The molecule has 0 radical (unpaired) electrons. The monoisotopic (exact) mass is 271 g/mol. The molecule has 0 saturated carbocycles. The molecule has 0 aromatic rings. The van der Waals surface area contributed by atoms with Crippen molar-refractivity contribution in [1.29, 1.82) is 0 Å². The Morgan fingerprint density at radius 3 is 2.74 bits per heavy atom. The van der Waals surface area contributed by atoms with E-state index in [1.165, 1.54) is 11.8 Å². The third kappa shape index (κ3) is 4.11. The molecule has 0 aromatic carbocycles. The van der Waals surface area contributed by atoms with E-state index in [9.17, 15) is 19.5 Å². The molecule has 0 bridgehead atoms. The highest BCUT2D eigenvalue weighted by Crippen LogP contribution is 2.13. The highest BCUT2D eigenvalue weighted by atomic mass is 16.4. The number of hydrogen-bond acceptors (Lipinski definition) is 3. The van der Waals surface area contributed by atoms with Gasteiger partial charge in [-0.1, -0.05) is 13.3 Å². The predicted molar refractivity (Wildman–Crippen MR) is 68.7 cm³/mol. The summed E-state index contributed by atoms with van der Waals surface area (Å²) >= 11 is 0. The second-order valence-electron chi connectivity index (χ2n) is 4.90. The Morgan fingerprint density at radius 2 is 2.16 bits per heavy atom. The molecular weight excluding hydrogens is 250 g/mol. The molecule has 0 aliphatic carbocycles. The van der Waals surface area contributed by atoms with Crippen LogP contribution in [0.4, 0.5) is 4.79 Å². The van der Waals surface area contributed by atoms with Gasteiger partial charge in [-0.3, -0.25) is 4.79 Å². The quantitative estimate of drug-likeness (QED) is 0.678. The first kappa shape index (κ1) is 15.3. The molecule has 3 amide bonds. The van der Waals surface area contributed by atoms with Crippen molar-refractivity contribution in [2.24, 2.45) is 0 Å². The summed E-state index contributed by atoms with van der Waals surface area (Å²) in [6.07, 6.45) is 1.26. The summed E-state index contributed by atoms with van der Waals surface area (Å²) in [6.45, 7) is 4.45. The lowest BCUT2D eigenvalue weighted by Gasteiger charge is -2.29. The van der Waals surface area contributed by atoms with Gasteiger partial charge in [0, 0.05) is 26.1 Å². The van der Waals surface area contributed by atoms with E-state index >= 15 is 0 Å². The van der Waals surface area contributed by atoms with Gasteiger partial charge in [0.2, 0.25) is 5.91 Å². The number of urea groups is 1. The van der Waals surface area contributed by atoms with E-state index in [1.54, 1.807) is 0 Å². The summed E-state index contributed by atoms with van der Waals surface area (Å²) in [5.41, 5.74) is -1.27. The van der Waals surface area contributed by atoms with Crippen LogP contribution in [0, 0.1) is 0 Å². The average Bonchev–Trinajstić information content (AvgIpc) is 2.54. The van der Waals surface area contributed by atoms with Gasteiger partial charge in [-0.15, -0.1) is 0 Å². The van der Waals surface area contributed by atoms with Crippen LogP contribution in [0.2, 0.25) is 0 Å². The highest BCUT2D eigenvalue weighted by Gasteiger charge is 2.35. The zero-order chi connectivity index (χ0) is 14.5. The SMILES string of the molecule is CCCC(C)(NC(=O)N1CCNC(=O)CC1)C(=O)O. The molecule has 0 aromatic heterocycles. The van der Waals surface area contributed by atoms with E-state index in [4.69, 9.17) is 0 Å². The number of nitrogens with zero attached hydrogens (tertiary/aromatic N) is 1. The summed E-state index contributed by atoms with van der Waals surface area (Å²) in [5, 5.41) is 14.4. The summed E-state index contributed by atoms with van der Waals surface area (Å²) in [7, 11) is 0. The van der Waals surface area contributed by atoms with Crippen LogP contribution in [0.1, 0.15) is 33.1 Å². The normalized spacial score (nSPS) is 19.1. The number of carbonyl (C=O) groups excluding carboxylic acids is 2. The average molecular weight is 271 g/mol. The molecule has 108 valence electrons. The van der Waals surface area contributed by atoms with E-state index in [0.29, 0.717) is 32.5 Å². The first-order chi connectivity index (χ1) is 8.89. The minimum absolute atomic E-state index is 0.0927. The molecule has 1 fully saturated rings. The third-order valence-electron chi connectivity index (χ3n) is 3.20. The number of amides is 3. The number of carboxylic acids is 1. The molecule has 3 N–H and O–H groups in total. The van der Waals surface area contributed by atoms with Crippen LogP contribution in [0.3, 0.4) is 0 Å². The van der Waals surface area contributed by atoms with E-state index in [-0.39, 0.29) is 12.3 Å². The van der Waals surface area contributed by atoms with Gasteiger partial charge < -0.3 is 20.6 Å². The van der Waals surface area contributed by atoms with Gasteiger partial charge in [-0.05, 0) is 13.3 Å². The van der Waals surface area contributed by atoms with Gasteiger partial charge in [0.15, 0.2) is 0 Å². The molecule has 1 rings (SSSR count). The van der Waals surface area contributed by atoms with E-state index in [2.05, 4.69) is 10.6 Å². The smallest absolute Gasteiger partial charge is 0.329 e. The zero-order valence-electron chi connectivity index (χ0n) is 11.4. The fourth-order valence-corrected chi connectivity index (χ4v) is 2.01. The Bertz CT molecular complexity index is 372. The van der Waals surface area contributed by atoms with Crippen molar-refractivity contribution in [2.45, 2.75) is 38.6 Å². The maximum atomic E-state index is 12.1. The molecular formula is C12H21N3O4. The second-order valence-corrected chi connectivity index (χ2v) is 4.90. The van der Waals surface area contributed by atoms with Crippen LogP contribution < -0.4 is 10.6 Å². The summed E-state index contributed by atoms with van der Waals surface area (Å²) < 4.78 is 0. The van der Waals surface area contributed by atoms with Gasteiger partial charge in [-0.25, -0.2) is 9.59 Å². The molecule has 7 heteroatoms. The maximum Gasteiger partial charge on any atom is 0.329 e. The number of aliphatic carboxylic acids is 1. The Kier molecular flexibility index (Phi) is 5.14. The fraction of sp³-hybridized carbons (Fsp3) is 0.750. The number of rotatable bonds is 4. The van der Waals surface area contributed by atoms with Crippen LogP contribution >= 0.6 is 0 Å². The fourth-order valence-electron chi connectivity index (χ4n) is 2.01. The number of carbonyl (C=O) groups is 3. The Hall–Kier alpha value is -1.79. The number of carboxylic acid groups (broad SMARTS) is 1. The van der Waals surface area contributed by atoms with Crippen LogP contribution in [0.15, 0.2) is 0 Å². The van der Waals surface area contributed by atoms with Gasteiger partial charge >= 0.3 is 12.0 Å². The van der Waals surface area contributed by atoms with Crippen molar-refractivity contribution in [1.82, 2.24) is 15.5 Å². The lowest BCUT2D eigenvalue weighted by molar-refractivity contribution is -0.144. The first-order valence-electron chi connectivity index (χ1n) is 6.46. The first-order valence-corrected chi connectivity index (χ1v) is 6.46. The summed E-state index contributed by atoms with van der Waals surface area (Å²) in [5.74, 6) is -1.14. The standard InChI is InChI=1S/C12H21N3O4/c1-3-5-12(2,10(17)18)14-11(19)15-7-4-9(16)13-6-8-15/h3-8H2,1-2H3,(H,13,16)(H,14,19)(H,17,18). The Labute approximate surface area is 112 Å². The molecule has 1 unspecified atom stereocenters. The van der Waals surface area contributed by atoms with E-state index in [0.717, 1.165) is 0 Å². The van der Waals surface area contributed by atoms with Crippen LogP contribution in [-0.2, 0) is 9.59 Å². The van der Waals surface area contributed by atoms with Gasteiger partial charge in [0.05, 0.1) is 0 Å². The third-order valence-corrected chi connectivity index (χ3v) is 3.20. The minimum atomic E-state index is -1.27. The van der Waals surface area contributed by atoms with Crippen LogP contribution in [-0.4, -0.2) is 53.1 Å². The molecule has 1 aliphatic heterocycles. The van der Waals surface area contributed by atoms with Crippen LogP contribution in [0.25, 0.3) is 0 Å². The van der Waals surface area contributed by atoms with Crippen molar-refractivity contribution in [3.05, 3.63) is 0 Å². The minimum Gasteiger partial charge on any atom is -0.480 e. The second kappa shape index (κ2) is 6.40. The highest BCUT2D eigenvalue weighted by molar-refractivity contribution is 5.86. The largest absolute Gasteiger partial charge is 0.480 e. The van der Waals surface area contributed by atoms with E-state index in [1.807, 2.05) is 6.92 Å². The summed E-state index contributed by atoms with van der Waals surface area (Å²) in [6, 6.07) is -0.435. The van der Waals surface area contributed by atoms with E-state index < -0.39 is 17.5 Å². The molecule has 1 atom stereocenters. The maximum absolute atomic E-state index is 12.1. The predicted octanol–water partition coefficient (Wildman–Crippen LogP) is 0.161. The molecule has 1 heterocycles. The molecule has 0 spiro atoms. The Morgan fingerprint density at radius 1 is 1.47 bits per heavy atom. The zero-order valence-corrected chi connectivity index (χ0v) is 11.4. The lowest BCUT2D eigenvalue weighted by atomic mass is 9.96. The lowest BCUT2D eigenvalue weighted by Crippen LogP contribution is -2.56. The van der Waals surface area contributed by atoms with Gasteiger partial charge in [0.25, 0.3) is 0 Å². The molecule has 7 nitrogen and oxygen atoms in total. The van der Waals surface area contributed by atoms with Gasteiger partial charge in [-0.2, -0.15) is 0 Å². The molecule has 1 aliphatic rings. The van der Waals surface area contributed by atoms with Crippen molar-refractivity contribution in [3.8, 4) is 0 Å². The van der Waals surface area contributed by atoms with Crippen molar-refractivity contribution in [3.63, 3.8) is 0 Å². The van der Waals surface area contributed by atoms with Gasteiger partial charge in [0.1, 0.15) is 5.54 Å². The number of hydrogen-bond donors (Lipinski definition) is 3. The molecule has 1 saturated heterocycles.